The lowest BCUT2D eigenvalue weighted by atomic mass is 9.87. The molecule has 0 spiro atoms. The molecule has 0 bridgehead atoms. The van der Waals surface area contributed by atoms with Crippen molar-refractivity contribution in [1.82, 2.24) is 9.88 Å². The number of nitrogens with one attached hydrogen (secondary N) is 1. The van der Waals surface area contributed by atoms with Gasteiger partial charge in [0.2, 0.25) is 0 Å². The molecule has 162 valence electrons. The van der Waals surface area contributed by atoms with Gasteiger partial charge < -0.3 is 14.7 Å². The van der Waals surface area contributed by atoms with Crippen molar-refractivity contribution in [3.05, 3.63) is 29.5 Å². The number of anilines is 1. The number of likely N-dealkylation sites (tertiary alicyclic amines) is 1. The standard InChI is InChI=1S/C22H35N3O3S/c1-6-19(22(3,4)5)28-16(2)10-11-18-15-23-20(29-18)24-21(27)25-13-8-7-9-17(25)12-14-26/h10-11,15,17,19,26H,2,6-9,12-14H2,1,3-5H3,(H,23,24,27)/b11-10+. The molecule has 2 atom stereocenters. The molecule has 1 saturated heterocycles. The average Bonchev–Trinajstić information content (AvgIpc) is 3.11. The number of aromatic nitrogens is 1. The van der Waals surface area contributed by atoms with Crippen molar-refractivity contribution in [3.63, 3.8) is 0 Å². The van der Waals surface area contributed by atoms with Crippen LogP contribution in [0.1, 0.15) is 64.7 Å². The number of allylic oxidation sites excluding steroid dienone is 1. The molecule has 1 aliphatic rings. The van der Waals surface area contributed by atoms with Gasteiger partial charge in [-0.05, 0) is 49.7 Å². The summed E-state index contributed by atoms with van der Waals surface area (Å²) in [6, 6.07) is -0.0420. The summed E-state index contributed by atoms with van der Waals surface area (Å²) >= 11 is 1.41. The molecule has 1 aromatic heterocycles. The second-order valence-corrected chi connectivity index (χ2v) is 9.60. The zero-order chi connectivity index (χ0) is 21.4. The second kappa shape index (κ2) is 10.8. The number of carbonyl (C=O) groups is 1. The number of piperidine rings is 1. The highest BCUT2D eigenvalue weighted by atomic mass is 32.1. The van der Waals surface area contributed by atoms with Gasteiger partial charge in [0.25, 0.3) is 0 Å². The first-order valence-electron chi connectivity index (χ1n) is 10.4. The predicted octanol–water partition coefficient (Wildman–Crippen LogP) is 5.28. The quantitative estimate of drug-likeness (QED) is 0.442. The molecule has 29 heavy (non-hydrogen) atoms. The number of amides is 2. The van der Waals surface area contributed by atoms with Crippen molar-refractivity contribution in [3.8, 4) is 0 Å². The van der Waals surface area contributed by atoms with Crippen molar-refractivity contribution >= 4 is 28.6 Å². The fraction of sp³-hybridized carbons (Fsp3) is 0.636. The molecule has 1 aromatic rings. The lowest BCUT2D eigenvalue weighted by Crippen LogP contribution is -2.46. The Morgan fingerprint density at radius 3 is 2.93 bits per heavy atom. The van der Waals surface area contributed by atoms with Crippen LogP contribution in [0, 0.1) is 5.41 Å². The van der Waals surface area contributed by atoms with Crippen molar-refractivity contribution in [2.75, 3.05) is 18.5 Å². The van der Waals surface area contributed by atoms with Crippen molar-refractivity contribution in [2.45, 2.75) is 71.9 Å². The van der Waals surface area contributed by atoms with Gasteiger partial charge in [-0.3, -0.25) is 5.32 Å². The zero-order valence-corrected chi connectivity index (χ0v) is 18.9. The number of urea groups is 1. The highest BCUT2D eigenvalue weighted by Crippen LogP contribution is 2.27. The van der Waals surface area contributed by atoms with E-state index in [1.165, 1.54) is 11.3 Å². The second-order valence-electron chi connectivity index (χ2n) is 8.53. The van der Waals surface area contributed by atoms with Gasteiger partial charge in [-0.25, -0.2) is 9.78 Å². The average molecular weight is 422 g/mol. The van der Waals surface area contributed by atoms with Crippen LogP contribution in [0.15, 0.2) is 24.6 Å². The maximum atomic E-state index is 12.6. The lowest BCUT2D eigenvalue weighted by molar-refractivity contribution is 0.0310. The Morgan fingerprint density at radius 1 is 1.52 bits per heavy atom. The van der Waals surface area contributed by atoms with E-state index in [1.807, 2.05) is 17.1 Å². The maximum Gasteiger partial charge on any atom is 0.323 e. The van der Waals surface area contributed by atoms with E-state index in [1.54, 1.807) is 6.20 Å². The van der Waals surface area contributed by atoms with E-state index in [4.69, 9.17) is 4.74 Å². The van der Waals surface area contributed by atoms with E-state index in [-0.39, 0.29) is 30.2 Å². The van der Waals surface area contributed by atoms with E-state index < -0.39 is 0 Å². The summed E-state index contributed by atoms with van der Waals surface area (Å²) in [6.07, 6.45) is 10.2. The molecular formula is C22H35N3O3S. The molecule has 1 fully saturated rings. The van der Waals surface area contributed by atoms with Gasteiger partial charge in [0, 0.05) is 30.3 Å². The lowest BCUT2D eigenvalue weighted by Gasteiger charge is -2.35. The van der Waals surface area contributed by atoms with Gasteiger partial charge in [0.05, 0.1) is 0 Å². The summed E-state index contributed by atoms with van der Waals surface area (Å²) < 4.78 is 5.98. The van der Waals surface area contributed by atoms with E-state index in [2.05, 4.69) is 44.6 Å². The highest BCUT2D eigenvalue weighted by Gasteiger charge is 2.27. The van der Waals surface area contributed by atoms with Crippen molar-refractivity contribution in [1.29, 1.82) is 0 Å². The SMILES string of the molecule is C=C(/C=C/c1cnc(NC(=O)N2CCCCC2CCO)s1)OC(CC)C(C)(C)C. The van der Waals surface area contributed by atoms with E-state index in [0.29, 0.717) is 17.3 Å². The molecule has 0 aliphatic carbocycles. The molecule has 1 aliphatic heterocycles. The summed E-state index contributed by atoms with van der Waals surface area (Å²) in [5.74, 6) is 0.617. The molecular weight excluding hydrogens is 386 g/mol. The Hall–Kier alpha value is -1.86. The van der Waals surface area contributed by atoms with Gasteiger partial charge in [0.1, 0.15) is 11.9 Å². The third kappa shape index (κ3) is 7.16. The number of thiazole rings is 1. The molecule has 2 heterocycles. The van der Waals surface area contributed by atoms with Crippen molar-refractivity contribution < 1.29 is 14.6 Å². The number of carbonyl (C=O) groups excluding carboxylic acids is 1. The number of rotatable bonds is 8. The van der Waals surface area contributed by atoms with E-state index >= 15 is 0 Å². The molecule has 0 radical (unpaired) electrons. The number of ether oxygens (including phenoxy) is 1. The van der Waals surface area contributed by atoms with Crippen LogP contribution in [0.2, 0.25) is 0 Å². The van der Waals surface area contributed by atoms with Gasteiger partial charge in [-0.2, -0.15) is 0 Å². The fourth-order valence-corrected chi connectivity index (χ4v) is 4.28. The van der Waals surface area contributed by atoms with Crippen LogP contribution in [0.3, 0.4) is 0 Å². The summed E-state index contributed by atoms with van der Waals surface area (Å²) in [5, 5.41) is 12.7. The Bertz CT molecular complexity index is 706. The van der Waals surface area contributed by atoms with Crippen LogP contribution in [-0.2, 0) is 4.74 Å². The number of nitrogens with zero attached hydrogens (tertiary/aromatic N) is 2. The minimum absolute atomic E-state index is 0.0514. The molecule has 7 heteroatoms. The van der Waals surface area contributed by atoms with E-state index in [0.717, 1.165) is 37.1 Å². The molecule has 0 aromatic carbocycles. The van der Waals surface area contributed by atoms with Gasteiger partial charge >= 0.3 is 6.03 Å². The third-order valence-electron chi connectivity index (χ3n) is 5.15. The largest absolute Gasteiger partial charge is 0.491 e. The smallest absolute Gasteiger partial charge is 0.323 e. The molecule has 6 nitrogen and oxygen atoms in total. The predicted molar refractivity (Wildman–Crippen MR) is 120 cm³/mol. The van der Waals surface area contributed by atoms with Gasteiger partial charge in [0.15, 0.2) is 5.13 Å². The Balaban J connectivity index is 1.92. The zero-order valence-electron chi connectivity index (χ0n) is 18.1. The normalized spacial score (nSPS) is 18.7. The number of aliphatic hydroxyl groups is 1. The number of aliphatic hydroxyl groups excluding tert-OH is 1. The summed E-state index contributed by atoms with van der Waals surface area (Å²) in [6.45, 7) is 13.4. The van der Waals surface area contributed by atoms with Crippen LogP contribution in [-0.4, -0.2) is 46.3 Å². The van der Waals surface area contributed by atoms with Gasteiger partial charge in [-0.15, -0.1) is 0 Å². The Morgan fingerprint density at radius 2 is 2.28 bits per heavy atom. The topological polar surface area (TPSA) is 74.7 Å². The molecule has 2 unspecified atom stereocenters. The molecule has 2 rings (SSSR count). The number of hydrogen-bond acceptors (Lipinski definition) is 5. The third-order valence-corrected chi connectivity index (χ3v) is 6.03. The van der Waals surface area contributed by atoms with Crippen LogP contribution in [0.25, 0.3) is 6.08 Å². The molecule has 2 amide bonds. The van der Waals surface area contributed by atoms with Crippen LogP contribution in [0.4, 0.5) is 9.93 Å². The van der Waals surface area contributed by atoms with Crippen molar-refractivity contribution in [2.24, 2.45) is 5.41 Å². The minimum Gasteiger partial charge on any atom is -0.491 e. The maximum absolute atomic E-state index is 12.6. The monoisotopic (exact) mass is 421 g/mol. The first-order chi connectivity index (χ1) is 13.7. The first-order valence-corrected chi connectivity index (χ1v) is 11.2. The number of hydrogen-bond donors (Lipinski definition) is 2. The first kappa shape index (κ1) is 23.4. The minimum atomic E-state index is -0.142. The Kier molecular flexibility index (Phi) is 8.71. The fourth-order valence-electron chi connectivity index (χ4n) is 3.57. The van der Waals surface area contributed by atoms with E-state index in [9.17, 15) is 9.90 Å². The summed E-state index contributed by atoms with van der Waals surface area (Å²) in [7, 11) is 0. The summed E-state index contributed by atoms with van der Waals surface area (Å²) in [4.78, 5) is 19.7. The molecule has 2 N–H and O–H groups in total. The molecule has 0 saturated carbocycles. The Labute approximate surface area is 178 Å². The van der Waals surface area contributed by atoms with Crippen LogP contribution >= 0.6 is 11.3 Å². The van der Waals surface area contributed by atoms with Crippen LogP contribution < -0.4 is 5.32 Å². The van der Waals surface area contributed by atoms with Gasteiger partial charge in [-0.1, -0.05) is 45.6 Å². The van der Waals surface area contributed by atoms with Crippen LogP contribution in [0.5, 0.6) is 0 Å². The summed E-state index contributed by atoms with van der Waals surface area (Å²) in [5.41, 5.74) is 0.0514. The highest BCUT2D eigenvalue weighted by molar-refractivity contribution is 7.16.